The minimum Gasteiger partial charge on any atom is -0.469 e. The minimum absolute atomic E-state index is 0.00995. The van der Waals surface area contributed by atoms with Crippen LogP contribution in [0.2, 0.25) is 0 Å². The molecule has 29 heavy (non-hydrogen) atoms. The highest BCUT2D eigenvalue weighted by Crippen LogP contribution is 2.45. The Kier molecular flexibility index (Phi) is 4.88. The van der Waals surface area contributed by atoms with E-state index in [1.807, 2.05) is 19.1 Å². The van der Waals surface area contributed by atoms with Gasteiger partial charge in [-0.3, -0.25) is 4.79 Å². The molecule has 3 aromatic rings. The predicted octanol–water partition coefficient (Wildman–Crippen LogP) is 4.77. The lowest BCUT2D eigenvalue weighted by Crippen LogP contribution is -2.37. The number of sulfonamides is 1. The van der Waals surface area contributed by atoms with Crippen molar-refractivity contribution in [3.63, 3.8) is 0 Å². The number of allylic oxidation sites excluding steroid dienone is 1. The summed E-state index contributed by atoms with van der Waals surface area (Å²) in [5, 5.41) is 0. The van der Waals surface area contributed by atoms with Crippen molar-refractivity contribution in [3.05, 3.63) is 96.5 Å². The second-order valence-corrected chi connectivity index (χ2v) is 8.91. The minimum atomic E-state index is -4.07. The summed E-state index contributed by atoms with van der Waals surface area (Å²) in [6.45, 7) is 5.82. The van der Waals surface area contributed by atoms with Crippen molar-refractivity contribution in [2.45, 2.75) is 30.1 Å². The fourth-order valence-corrected chi connectivity index (χ4v) is 5.31. The third-order valence-corrected chi connectivity index (χ3v) is 7.04. The summed E-state index contributed by atoms with van der Waals surface area (Å²) >= 11 is 0. The largest absolute Gasteiger partial charge is 0.469 e. The van der Waals surface area contributed by atoms with Crippen LogP contribution in [-0.2, 0) is 14.8 Å². The van der Waals surface area contributed by atoms with Crippen LogP contribution in [0.4, 0.5) is 5.69 Å². The highest BCUT2D eigenvalue weighted by atomic mass is 32.2. The monoisotopic (exact) mass is 407 g/mol. The van der Waals surface area contributed by atoms with Crippen molar-refractivity contribution >= 4 is 21.6 Å². The molecular weight excluding hydrogens is 386 g/mol. The van der Waals surface area contributed by atoms with E-state index in [0.717, 1.165) is 15.4 Å². The van der Waals surface area contributed by atoms with Crippen LogP contribution in [0.5, 0.6) is 0 Å². The molecule has 0 fully saturated rings. The second kappa shape index (κ2) is 7.37. The van der Waals surface area contributed by atoms with E-state index in [0.29, 0.717) is 11.4 Å². The fraction of sp³-hybridized carbons (Fsp3) is 0.174. The molecular formula is C23H21NO4S. The van der Waals surface area contributed by atoms with E-state index in [1.165, 1.54) is 12.1 Å². The topological polar surface area (TPSA) is 67.6 Å². The highest BCUT2D eigenvalue weighted by Gasteiger charge is 2.40. The summed E-state index contributed by atoms with van der Waals surface area (Å²) in [7, 11) is -4.07. The molecule has 0 spiro atoms. The Balaban J connectivity index is 1.91. The zero-order valence-electron chi connectivity index (χ0n) is 16.0. The van der Waals surface area contributed by atoms with Gasteiger partial charge >= 0.3 is 0 Å². The molecule has 2 aromatic carbocycles. The molecule has 0 radical (unpaired) electrons. The molecule has 0 aliphatic carbocycles. The van der Waals surface area contributed by atoms with Crippen LogP contribution < -0.4 is 4.31 Å². The Morgan fingerprint density at radius 2 is 1.79 bits per heavy atom. The first-order valence-electron chi connectivity index (χ1n) is 9.33. The predicted molar refractivity (Wildman–Crippen MR) is 111 cm³/mol. The molecule has 6 heteroatoms. The van der Waals surface area contributed by atoms with Crippen LogP contribution in [0, 0.1) is 6.92 Å². The first-order chi connectivity index (χ1) is 13.9. The van der Waals surface area contributed by atoms with E-state index in [4.69, 9.17) is 4.42 Å². The number of aryl methyl sites for hydroxylation is 1. The molecule has 0 N–H and O–H groups in total. The molecule has 0 bridgehead atoms. The van der Waals surface area contributed by atoms with E-state index in [2.05, 4.69) is 6.58 Å². The van der Waals surface area contributed by atoms with Crippen LogP contribution in [0.25, 0.3) is 0 Å². The lowest BCUT2D eigenvalue weighted by molar-refractivity contribution is -0.117. The molecule has 0 saturated heterocycles. The van der Waals surface area contributed by atoms with Gasteiger partial charge in [0.05, 0.1) is 16.8 Å². The summed E-state index contributed by atoms with van der Waals surface area (Å²) in [5.41, 5.74) is 2.03. The van der Waals surface area contributed by atoms with Gasteiger partial charge in [0.25, 0.3) is 10.0 Å². The normalized spacial score (nSPS) is 19.5. The lowest BCUT2D eigenvalue weighted by Gasteiger charge is -2.23. The van der Waals surface area contributed by atoms with Gasteiger partial charge in [0.15, 0.2) is 0 Å². The van der Waals surface area contributed by atoms with Crippen molar-refractivity contribution < 1.29 is 17.6 Å². The van der Waals surface area contributed by atoms with E-state index in [1.54, 1.807) is 48.7 Å². The van der Waals surface area contributed by atoms with Gasteiger partial charge in [0.1, 0.15) is 5.76 Å². The second-order valence-electron chi connectivity index (χ2n) is 7.12. The van der Waals surface area contributed by atoms with Gasteiger partial charge in [-0.1, -0.05) is 42.0 Å². The van der Waals surface area contributed by atoms with E-state index in [9.17, 15) is 13.2 Å². The summed E-state index contributed by atoms with van der Waals surface area (Å²) in [4.78, 5) is 13.4. The molecule has 0 saturated carbocycles. The number of para-hydroxylation sites is 1. The van der Waals surface area contributed by atoms with Crippen LogP contribution >= 0.6 is 0 Å². The van der Waals surface area contributed by atoms with Gasteiger partial charge in [-0.15, -0.1) is 6.58 Å². The molecule has 1 amide bonds. The third kappa shape index (κ3) is 3.29. The van der Waals surface area contributed by atoms with Gasteiger partial charge in [-0.05, 0) is 42.8 Å². The number of furan rings is 1. The number of fused-ring (bicyclic) bond motifs is 1. The number of carbonyl (C=O) groups excluding carboxylic acids is 1. The molecule has 4 rings (SSSR count). The standard InChI is InChI=1S/C23H21NO4S/c1-3-18-19-7-4-5-8-21(19)24(23(25)15-20(18)22-9-6-14-28-22)29(26,27)17-12-10-16(2)11-13-17/h3-14,18,20H,1,15H2,2H3/t18?,20-/m0/s1. The number of anilines is 1. The Morgan fingerprint density at radius 3 is 2.45 bits per heavy atom. The number of hydrogen-bond donors (Lipinski definition) is 0. The first-order valence-corrected chi connectivity index (χ1v) is 10.8. The third-order valence-electron chi connectivity index (χ3n) is 5.29. The van der Waals surface area contributed by atoms with Crippen molar-refractivity contribution in [1.29, 1.82) is 0 Å². The van der Waals surface area contributed by atoms with Crippen molar-refractivity contribution in [1.82, 2.24) is 0 Å². The molecule has 1 aliphatic heterocycles. The fourth-order valence-electron chi connectivity index (χ4n) is 3.85. The molecule has 148 valence electrons. The molecule has 1 unspecified atom stereocenters. The number of amides is 1. The van der Waals surface area contributed by atoms with Crippen LogP contribution in [-0.4, -0.2) is 14.3 Å². The van der Waals surface area contributed by atoms with Gasteiger partial charge in [0.2, 0.25) is 5.91 Å². The molecule has 1 aliphatic rings. The quantitative estimate of drug-likeness (QED) is 0.585. The number of rotatable bonds is 4. The van der Waals surface area contributed by atoms with E-state index >= 15 is 0 Å². The molecule has 5 nitrogen and oxygen atoms in total. The number of nitrogens with zero attached hydrogens (tertiary/aromatic N) is 1. The van der Waals surface area contributed by atoms with Crippen LogP contribution in [0.15, 0.2) is 88.9 Å². The molecule has 2 atom stereocenters. The summed E-state index contributed by atoms with van der Waals surface area (Å²) in [6, 6.07) is 17.1. The summed E-state index contributed by atoms with van der Waals surface area (Å²) in [6.07, 6.45) is 3.29. The van der Waals surface area contributed by atoms with Crippen LogP contribution in [0.1, 0.15) is 35.1 Å². The van der Waals surface area contributed by atoms with E-state index < -0.39 is 15.9 Å². The van der Waals surface area contributed by atoms with Crippen molar-refractivity contribution in [3.8, 4) is 0 Å². The number of carbonyl (C=O) groups is 1. The number of hydrogen-bond acceptors (Lipinski definition) is 4. The SMILES string of the molecule is C=CC1c2ccccc2N(S(=O)(=O)c2ccc(C)cc2)C(=O)C[C@@H]1c1ccco1. The molecule has 1 aromatic heterocycles. The van der Waals surface area contributed by atoms with Gasteiger partial charge in [0, 0.05) is 18.3 Å². The average molecular weight is 407 g/mol. The maximum absolute atomic E-state index is 13.5. The Hall–Kier alpha value is -3.12. The average Bonchev–Trinajstić information content (AvgIpc) is 3.19. The zero-order valence-corrected chi connectivity index (χ0v) is 16.8. The first kappa shape index (κ1) is 19.2. The van der Waals surface area contributed by atoms with Crippen molar-refractivity contribution in [2.24, 2.45) is 0 Å². The maximum Gasteiger partial charge on any atom is 0.270 e. The van der Waals surface area contributed by atoms with E-state index in [-0.39, 0.29) is 23.2 Å². The summed E-state index contributed by atoms with van der Waals surface area (Å²) < 4.78 is 33.4. The number of benzene rings is 2. The smallest absolute Gasteiger partial charge is 0.270 e. The van der Waals surface area contributed by atoms with Crippen LogP contribution in [0.3, 0.4) is 0 Å². The zero-order chi connectivity index (χ0) is 20.6. The Morgan fingerprint density at radius 1 is 1.07 bits per heavy atom. The highest BCUT2D eigenvalue weighted by molar-refractivity contribution is 7.93. The molecule has 2 heterocycles. The van der Waals surface area contributed by atoms with Gasteiger partial charge in [-0.2, -0.15) is 0 Å². The Labute approximate surface area is 170 Å². The summed E-state index contributed by atoms with van der Waals surface area (Å²) in [5.74, 6) is -0.467. The van der Waals surface area contributed by atoms with Gasteiger partial charge in [-0.25, -0.2) is 12.7 Å². The lowest BCUT2D eigenvalue weighted by atomic mass is 9.83. The van der Waals surface area contributed by atoms with Crippen molar-refractivity contribution in [2.75, 3.05) is 4.31 Å². The van der Waals surface area contributed by atoms with Gasteiger partial charge < -0.3 is 4.42 Å². The maximum atomic E-state index is 13.5. The Bertz CT molecular complexity index is 1150.